The molecular formula is C48H46N3O+3. The summed E-state index contributed by atoms with van der Waals surface area (Å²) in [5, 5.41) is 2.32. The number of pyridine rings is 3. The van der Waals surface area contributed by atoms with E-state index in [0.29, 0.717) is 0 Å². The van der Waals surface area contributed by atoms with Crippen molar-refractivity contribution in [3.8, 4) is 33.8 Å². The number of aryl methyl sites for hydroxylation is 5. The minimum Gasteiger partial charge on any atom is -0.456 e. The number of hydrogen-bond acceptors (Lipinski definition) is 1. The van der Waals surface area contributed by atoms with Crippen LogP contribution in [0.4, 0.5) is 0 Å². The van der Waals surface area contributed by atoms with Gasteiger partial charge in [0, 0.05) is 78.1 Å². The second kappa shape index (κ2) is 13.7. The first-order valence-corrected chi connectivity index (χ1v) is 18.3. The third-order valence-corrected chi connectivity index (χ3v) is 10.8. The molecule has 4 heterocycles. The summed E-state index contributed by atoms with van der Waals surface area (Å²) in [5.41, 5.74) is 16.7. The molecule has 4 aromatic carbocycles. The van der Waals surface area contributed by atoms with Gasteiger partial charge in [-0.3, -0.25) is 0 Å². The van der Waals surface area contributed by atoms with E-state index in [0.717, 1.165) is 34.9 Å². The molecule has 1 unspecified atom stereocenters. The van der Waals surface area contributed by atoms with Crippen LogP contribution in [0.25, 0.3) is 55.7 Å². The van der Waals surface area contributed by atoms with Gasteiger partial charge in [-0.2, -0.15) is 13.7 Å². The molecule has 0 aliphatic heterocycles. The zero-order valence-electron chi connectivity index (χ0n) is 31.0. The summed E-state index contributed by atoms with van der Waals surface area (Å²) in [4.78, 5) is 0. The van der Waals surface area contributed by atoms with E-state index in [-0.39, 0.29) is 6.04 Å². The van der Waals surface area contributed by atoms with Crippen LogP contribution in [0.3, 0.4) is 0 Å². The van der Waals surface area contributed by atoms with Crippen LogP contribution in [-0.4, -0.2) is 0 Å². The third kappa shape index (κ3) is 6.09. The van der Waals surface area contributed by atoms with Gasteiger partial charge in [-0.05, 0) is 86.0 Å². The van der Waals surface area contributed by atoms with Crippen LogP contribution in [0.2, 0.25) is 0 Å². The van der Waals surface area contributed by atoms with E-state index in [2.05, 4.69) is 189 Å². The molecule has 1 atom stereocenters. The highest BCUT2D eigenvalue weighted by Crippen LogP contribution is 2.34. The van der Waals surface area contributed by atoms with Crippen molar-refractivity contribution in [2.75, 3.05) is 0 Å². The van der Waals surface area contributed by atoms with Crippen molar-refractivity contribution in [3.63, 3.8) is 0 Å². The summed E-state index contributed by atoms with van der Waals surface area (Å²) in [6.07, 6.45) is 3.17. The first kappa shape index (κ1) is 33.3. The summed E-state index contributed by atoms with van der Waals surface area (Å²) in [7, 11) is 2.17. The van der Waals surface area contributed by atoms with Crippen LogP contribution in [0.1, 0.15) is 39.7 Å². The van der Waals surface area contributed by atoms with E-state index in [1.807, 2.05) is 6.07 Å². The van der Waals surface area contributed by atoms with E-state index in [9.17, 15) is 0 Å². The summed E-state index contributed by atoms with van der Waals surface area (Å²) >= 11 is 0. The minimum absolute atomic E-state index is 0.0906. The Morgan fingerprint density at radius 1 is 0.538 bits per heavy atom. The molecule has 0 saturated carbocycles. The van der Waals surface area contributed by atoms with Gasteiger partial charge in [0.1, 0.15) is 18.2 Å². The number of nitrogens with zero attached hydrogens (tertiary/aromatic N) is 3. The van der Waals surface area contributed by atoms with E-state index in [1.54, 1.807) is 0 Å². The Kier molecular flexibility index (Phi) is 8.76. The van der Waals surface area contributed by atoms with Crippen molar-refractivity contribution in [3.05, 3.63) is 173 Å². The Hall–Kier alpha value is -5.87. The maximum atomic E-state index is 6.41. The van der Waals surface area contributed by atoms with Crippen LogP contribution in [0, 0.1) is 34.6 Å². The molecule has 0 bridgehead atoms. The summed E-state index contributed by atoms with van der Waals surface area (Å²) < 4.78 is 13.8. The number of benzene rings is 4. The van der Waals surface area contributed by atoms with Gasteiger partial charge >= 0.3 is 0 Å². The number of hydrogen-bond donors (Lipinski definition) is 0. The highest BCUT2D eigenvalue weighted by molar-refractivity contribution is 6.06. The van der Waals surface area contributed by atoms with Crippen LogP contribution >= 0.6 is 0 Å². The number of rotatable bonds is 8. The predicted octanol–water partition coefficient (Wildman–Crippen LogP) is 10.0. The SMILES string of the molecule is Cc1ccc(-c2cc3oc4ccccc4c3cc2C)[n+](CC(Cc2ccccc2-c2cccc(C)[n+]2C)[n+]2c(C)cccc2-c2ccccc2C)c1. The van der Waals surface area contributed by atoms with Crippen molar-refractivity contribution in [1.82, 2.24) is 0 Å². The number of fused-ring (bicyclic) bond motifs is 3. The zero-order chi connectivity index (χ0) is 35.9. The van der Waals surface area contributed by atoms with Gasteiger partial charge in [0.25, 0.3) is 0 Å². The fourth-order valence-corrected chi connectivity index (χ4v) is 8.04. The predicted molar refractivity (Wildman–Crippen MR) is 211 cm³/mol. The lowest BCUT2D eigenvalue weighted by Gasteiger charge is -2.19. The van der Waals surface area contributed by atoms with Crippen molar-refractivity contribution < 1.29 is 18.1 Å². The van der Waals surface area contributed by atoms with Crippen LogP contribution in [0.5, 0.6) is 0 Å². The molecule has 256 valence electrons. The molecule has 0 radical (unpaired) electrons. The second-order valence-electron chi connectivity index (χ2n) is 14.4. The first-order chi connectivity index (χ1) is 25.3. The van der Waals surface area contributed by atoms with Crippen molar-refractivity contribution >= 4 is 21.9 Å². The number of para-hydroxylation sites is 1. The number of furan rings is 1. The Balaban J connectivity index is 1.32. The Morgan fingerprint density at radius 3 is 2.08 bits per heavy atom. The Labute approximate surface area is 306 Å². The largest absolute Gasteiger partial charge is 0.456 e. The average molecular weight is 681 g/mol. The lowest BCUT2D eigenvalue weighted by Crippen LogP contribution is -2.53. The molecule has 0 aliphatic carbocycles. The van der Waals surface area contributed by atoms with Crippen LogP contribution in [-0.2, 0) is 20.0 Å². The molecule has 4 aromatic heterocycles. The molecule has 0 saturated heterocycles. The lowest BCUT2D eigenvalue weighted by molar-refractivity contribution is -0.791. The lowest BCUT2D eigenvalue weighted by atomic mass is 9.95. The summed E-state index contributed by atoms with van der Waals surface area (Å²) in [6, 6.07) is 48.5. The quantitative estimate of drug-likeness (QED) is 0.147. The molecule has 0 amide bonds. The minimum atomic E-state index is 0.0906. The molecule has 0 N–H and O–H groups in total. The molecule has 4 heteroatoms. The molecule has 4 nitrogen and oxygen atoms in total. The maximum Gasteiger partial charge on any atom is 0.221 e. The van der Waals surface area contributed by atoms with E-state index in [1.165, 1.54) is 67.4 Å². The molecular weight excluding hydrogens is 635 g/mol. The third-order valence-electron chi connectivity index (χ3n) is 10.8. The topological polar surface area (TPSA) is 24.8 Å². The van der Waals surface area contributed by atoms with Gasteiger partial charge in [-0.25, -0.2) is 0 Å². The van der Waals surface area contributed by atoms with E-state index < -0.39 is 0 Å². The molecule has 0 aliphatic rings. The monoisotopic (exact) mass is 680 g/mol. The maximum absolute atomic E-state index is 6.41. The van der Waals surface area contributed by atoms with Crippen LogP contribution in [0.15, 0.2) is 144 Å². The Bertz CT molecular complexity index is 2610. The van der Waals surface area contributed by atoms with Crippen molar-refractivity contribution in [1.29, 1.82) is 0 Å². The molecule has 52 heavy (non-hydrogen) atoms. The average Bonchev–Trinajstić information content (AvgIpc) is 3.50. The fourth-order valence-electron chi connectivity index (χ4n) is 8.04. The summed E-state index contributed by atoms with van der Waals surface area (Å²) in [5.74, 6) is 0. The molecule has 8 aromatic rings. The van der Waals surface area contributed by atoms with Gasteiger partial charge in [-0.1, -0.05) is 54.6 Å². The number of aromatic nitrogens is 3. The normalized spacial score (nSPS) is 12.1. The van der Waals surface area contributed by atoms with Crippen molar-refractivity contribution in [2.24, 2.45) is 7.05 Å². The van der Waals surface area contributed by atoms with Gasteiger partial charge in [0.2, 0.25) is 29.7 Å². The van der Waals surface area contributed by atoms with Crippen LogP contribution < -0.4 is 13.7 Å². The molecule has 0 spiro atoms. The standard InChI is InChI=1S/C48H46N3O/c1-32-25-26-45(42-29-48-43(27-34(42)3)41-21-11-12-24-47(41)52-48)50(30-32)31-38(51-36(5)17-14-23-46(51)39-19-9-7-15-33(39)2)28-37-18-8-10-20-40(37)44-22-13-16-35(4)49(44)6/h7-27,29-30,38H,28,31H2,1-6H3/q+3. The van der Waals surface area contributed by atoms with Gasteiger partial charge in [0.15, 0.2) is 17.6 Å². The van der Waals surface area contributed by atoms with E-state index in [4.69, 9.17) is 4.42 Å². The van der Waals surface area contributed by atoms with Gasteiger partial charge in [-0.15, -0.1) is 0 Å². The van der Waals surface area contributed by atoms with Gasteiger partial charge in [0.05, 0.1) is 5.56 Å². The van der Waals surface area contributed by atoms with Gasteiger partial charge < -0.3 is 4.42 Å². The first-order valence-electron chi connectivity index (χ1n) is 18.3. The molecule has 0 fully saturated rings. The fraction of sp³-hybridized carbons (Fsp3) is 0.188. The molecule has 8 rings (SSSR count). The zero-order valence-corrected chi connectivity index (χ0v) is 31.0. The summed E-state index contributed by atoms with van der Waals surface area (Å²) in [6.45, 7) is 11.8. The Morgan fingerprint density at radius 2 is 1.25 bits per heavy atom. The highest BCUT2D eigenvalue weighted by Gasteiger charge is 2.33. The van der Waals surface area contributed by atoms with Crippen molar-refractivity contribution in [2.45, 2.75) is 53.6 Å². The second-order valence-corrected chi connectivity index (χ2v) is 14.4. The highest BCUT2D eigenvalue weighted by atomic mass is 16.3. The smallest absolute Gasteiger partial charge is 0.221 e. The van der Waals surface area contributed by atoms with E-state index >= 15 is 0 Å².